The third kappa shape index (κ3) is 3.76. The van der Waals surface area contributed by atoms with Gasteiger partial charge in [-0.05, 0) is 12.1 Å². The molecule has 1 aromatic carbocycles. The summed E-state index contributed by atoms with van der Waals surface area (Å²) in [4.78, 5) is 11.1. The van der Waals surface area contributed by atoms with Gasteiger partial charge >= 0.3 is 5.97 Å². The molecule has 7 heteroatoms. The summed E-state index contributed by atoms with van der Waals surface area (Å²) in [6.45, 7) is 0. The minimum atomic E-state index is -0.660. The van der Waals surface area contributed by atoms with E-state index >= 15 is 0 Å². The molecule has 0 spiro atoms. The fraction of sp³-hybridized carbons (Fsp3) is 0.364. The molecule has 1 aromatic rings. The topological polar surface area (TPSA) is 81.8 Å². The van der Waals surface area contributed by atoms with E-state index in [4.69, 9.17) is 10.5 Å². The van der Waals surface area contributed by atoms with E-state index in [1.54, 1.807) is 12.1 Å². The highest BCUT2D eigenvalue weighted by molar-refractivity contribution is 9.10. The lowest BCUT2D eigenvalue weighted by Gasteiger charge is -2.16. The molecule has 0 heterocycles. The first-order valence-corrected chi connectivity index (χ1v) is 5.68. The monoisotopic (exact) mass is 339 g/mol. The summed E-state index contributed by atoms with van der Waals surface area (Å²) in [6.07, 6.45) is -0.0180. The fourth-order valence-corrected chi connectivity index (χ4v) is 2.06. The Morgan fingerprint density at radius 2 is 2.11 bits per heavy atom. The number of carbonyl (C=O) groups is 1. The SMILES string of the molecule is COC(=O)C[C@H](N)c1c(Br)ccc(OC)c1O.Cl. The van der Waals surface area contributed by atoms with E-state index in [9.17, 15) is 9.90 Å². The number of carbonyl (C=O) groups excluding carboxylic acids is 1. The Balaban J connectivity index is 0.00000289. The molecule has 0 radical (unpaired) electrons. The van der Waals surface area contributed by atoms with Crippen molar-refractivity contribution in [2.24, 2.45) is 5.73 Å². The maximum atomic E-state index is 11.1. The Morgan fingerprint density at radius 1 is 1.50 bits per heavy atom. The number of nitrogens with two attached hydrogens (primary N) is 1. The molecule has 5 nitrogen and oxygen atoms in total. The Hall–Kier alpha value is -0.980. The molecule has 102 valence electrons. The zero-order valence-electron chi connectivity index (χ0n) is 9.97. The van der Waals surface area contributed by atoms with Gasteiger partial charge in [0.1, 0.15) is 0 Å². The lowest BCUT2D eigenvalue weighted by Crippen LogP contribution is -2.17. The summed E-state index contributed by atoms with van der Waals surface area (Å²) in [7, 11) is 2.73. The van der Waals surface area contributed by atoms with E-state index in [1.807, 2.05) is 0 Å². The third-order valence-corrected chi connectivity index (χ3v) is 3.02. The van der Waals surface area contributed by atoms with Gasteiger partial charge in [0.15, 0.2) is 11.5 Å². The molecule has 0 aliphatic carbocycles. The quantitative estimate of drug-likeness (QED) is 0.821. The van der Waals surface area contributed by atoms with Crippen LogP contribution in [0.3, 0.4) is 0 Å². The molecule has 0 fully saturated rings. The number of benzene rings is 1. The van der Waals surface area contributed by atoms with E-state index in [1.165, 1.54) is 14.2 Å². The molecule has 0 saturated carbocycles. The van der Waals surface area contributed by atoms with Crippen LogP contribution in [0.1, 0.15) is 18.0 Å². The molecule has 0 saturated heterocycles. The van der Waals surface area contributed by atoms with Crippen LogP contribution in [0.4, 0.5) is 0 Å². The third-order valence-electron chi connectivity index (χ3n) is 2.33. The number of rotatable bonds is 4. The van der Waals surface area contributed by atoms with Crippen molar-refractivity contribution >= 4 is 34.3 Å². The highest BCUT2D eigenvalue weighted by atomic mass is 79.9. The first-order chi connectivity index (χ1) is 8.01. The standard InChI is InChI=1S/C11H14BrNO4.ClH/c1-16-8-4-3-6(12)10(11(8)15)7(13)5-9(14)17-2;/h3-4,7,15H,5,13H2,1-2H3;1H/t7-;/m0./s1. The first kappa shape index (κ1) is 17.0. The number of phenols is 1. The van der Waals surface area contributed by atoms with Gasteiger partial charge in [-0.3, -0.25) is 4.79 Å². The molecular weight excluding hydrogens is 325 g/mol. The number of aromatic hydroxyl groups is 1. The number of esters is 1. The number of halogens is 2. The van der Waals surface area contributed by atoms with Gasteiger partial charge in [-0.25, -0.2) is 0 Å². The van der Waals surface area contributed by atoms with Crippen molar-refractivity contribution < 1.29 is 19.4 Å². The van der Waals surface area contributed by atoms with Gasteiger partial charge in [-0.1, -0.05) is 15.9 Å². The van der Waals surface area contributed by atoms with Crippen molar-refractivity contribution in [3.05, 3.63) is 22.2 Å². The van der Waals surface area contributed by atoms with Crippen molar-refractivity contribution in [3.63, 3.8) is 0 Å². The van der Waals surface area contributed by atoms with Crippen LogP contribution in [0.2, 0.25) is 0 Å². The summed E-state index contributed by atoms with van der Waals surface area (Å²) in [5, 5.41) is 9.94. The van der Waals surface area contributed by atoms with Crippen LogP contribution >= 0.6 is 28.3 Å². The average Bonchev–Trinajstić information content (AvgIpc) is 2.29. The highest BCUT2D eigenvalue weighted by Gasteiger charge is 2.20. The van der Waals surface area contributed by atoms with Gasteiger partial charge in [0, 0.05) is 16.1 Å². The Labute approximate surface area is 120 Å². The molecule has 1 atom stereocenters. The number of hydrogen-bond acceptors (Lipinski definition) is 5. The predicted octanol–water partition coefficient (Wildman–Crippen LogP) is 2.15. The Bertz CT molecular complexity index is 428. The van der Waals surface area contributed by atoms with Gasteiger partial charge in [-0.15, -0.1) is 12.4 Å². The molecule has 1 rings (SSSR count). The van der Waals surface area contributed by atoms with E-state index in [0.29, 0.717) is 15.8 Å². The maximum Gasteiger partial charge on any atom is 0.307 e. The second-order valence-corrected chi connectivity index (χ2v) is 4.25. The van der Waals surface area contributed by atoms with E-state index in [0.717, 1.165) is 0 Å². The second kappa shape index (κ2) is 7.45. The molecule has 0 aliphatic heterocycles. The van der Waals surface area contributed by atoms with E-state index in [-0.39, 0.29) is 24.6 Å². The summed E-state index contributed by atoms with van der Waals surface area (Å²) in [6, 6.07) is 2.64. The lowest BCUT2D eigenvalue weighted by atomic mass is 10.0. The fourth-order valence-electron chi connectivity index (χ4n) is 1.45. The molecule has 0 amide bonds. The number of hydrogen-bond donors (Lipinski definition) is 2. The Kier molecular flexibility index (Phi) is 7.05. The molecule has 0 aliphatic rings. The van der Waals surface area contributed by atoms with Crippen LogP contribution < -0.4 is 10.5 Å². The van der Waals surface area contributed by atoms with Crippen molar-refractivity contribution in [1.29, 1.82) is 0 Å². The average molecular weight is 341 g/mol. The minimum Gasteiger partial charge on any atom is -0.504 e. The minimum absolute atomic E-state index is 0. The van der Waals surface area contributed by atoms with Crippen LogP contribution in [-0.2, 0) is 9.53 Å². The van der Waals surface area contributed by atoms with Crippen LogP contribution in [0.5, 0.6) is 11.5 Å². The molecule has 0 aromatic heterocycles. The van der Waals surface area contributed by atoms with Crippen molar-refractivity contribution in [1.82, 2.24) is 0 Å². The van der Waals surface area contributed by atoms with Crippen LogP contribution in [0.15, 0.2) is 16.6 Å². The van der Waals surface area contributed by atoms with Gasteiger partial charge in [-0.2, -0.15) is 0 Å². The van der Waals surface area contributed by atoms with Gasteiger partial charge in [0.2, 0.25) is 0 Å². The largest absolute Gasteiger partial charge is 0.504 e. The highest BCUT2D eigenvalue weighted by Crippen LogP contribution is 2.39. The molecule has 0 unspecified atom stereocenters. The molecule has 0 bridgehead atoms. The van der Waals surface area contributed by atoms with Crippen LogP contribution in [0.25, 0.3) is 0 Å². The van der Waals surface area contributed by atoms with Crippen LogP contribution in [-0.4, -0.2) is 25.3 Å². The van der Waals surface area contributed by atoms with E-state index < -0.39 is 12.0 Å². The predicted molar refractivity (Wildman–Crippen MR) is 73.2 cm³/mol. The van der Waals surface area contributed by atoms with E-state index in [2.05, 4.69) is 20.7 Å². The smallest absolute Gasteiger partial charge is 0.307 e. The van der Waals surface area contributed by atoms with Crippen LogP contribution in [0, 0.1) is 0 Å². The Morgan fingerprint density at radius 3 is 2.61 bits per heavy atom. The van der Waals surface area contributed by atoms with Gasteiger partial charge in [0.25, 0.3) is 0 Å². The molecule has 18 heavy (non-hydrogen) atoms. The zero-order chi connectivity index (χ0) is 13.0. The maximum absolute atomic E-state index is 11.1. The molecular formula is C11H15BrClNO4. The molecule has 3 N–H and O–H groups in total. The number of phenolic OH excluding ortho intramolecular Hbond substituents is 1. The number of ether oxygens (including phenoxy) is 2. The first-order valence-electron chi connectivity index (χ1n) is 4.89. The zero-order valence-corrected chi connectivity index (χ0v) is 12.4. The lowest BCUT2D eigenvalue weighted by molar-refractivity contribution is -0.141. The second-order valence-electron chi connectivity index (χ2n) is 3.40. The number of methoxy groups -OCH3 is 2. The van der Waals surface area contributed by atoms with Gasteiger partial charge < -0.3 is 20.3 Å². The summed E-state index contributed by atoms with van der Waals surface area (Å²) in [5.41, 5.74) is 6.28. The summed E-state index contributed by atoms with van der Waals surface area (Å²) < 4.78 is 10.1. The van der Waals surface area contributed by atoms with Crippen molar-refractivity contribution in [3.8, 4) is 11.5 Å². The van der Waals surface area contributed by atoms with Crippen molar-refractivity contribution in [2.75, 3.05) is 14.2 Å². The summed E-state index contributed by atoms with van der Waals surface area (Å²) >= 11 is 3.28. The van der Waals surface area contributed by atoms with Gasteiger partial charge in [0.05, 0.1) is 20.6 Å². The normalized spacial score (nSPS) is 11.3. The summed E-state index contributed by atoms with van der Waals surface area (Å²) in [5.74, 6) is -0.201. The van der Waals surface area contributed by atoms with Crippen molar-refractivity contribution in [2.45, 2.75) is 12.5 Å².